The smallest absolute Gasteiger partial charge is 0.191 e. The Bertz CT molecular complexity index is 452. The number of morpholine rings is 1. The molecule has 0 atom stereocenters. The zero-order chi connectivity index (χ0) is 16.2. The van der Waals surface area contributed by atoms with Crippen molar-refractivity contribution in [1.29, 1.82) is 0 Å². The SMILES string of the molecule is CCNC(=NCc1ccccn1)NCCCCN1CCOCC1.I. The number of aliphatic imine (C=N–C) groups is 1. The molecule has 7 heteroatoms. The first-order chi connectivity index (χ1) is 11.4. The Kier molecular flexibility index (Phi) is 11.8. The molecule has 2 heterocycles. The molecule has 1 aromatic heterocycles. The molecule has 0 unspecified atom stereocenters. The number of nitrogens with one attached hydrogen (secondary N) is 2. The summed E-state index contributed by atoms with van der Waals surface area (Å²) in [7, 11) is 0. The number of guanidine groups is 1. The van der Waals surface area contributed by atoms with Crippen molar-refractivity contribution in [3.63, 3.8) is 0 Å². The van der Waals surface area contributed by atoms with Gasteiger partial charge in [0.05, 0.1) is 25.5 Å². The maximum atomic E-state index is 5.37. The molecule has 1 aliphatic rings. The van der Waals surface area contributed by atoms with Crippen molar-refractivity contribution in [3.05, 3.63) is 30.1 Å². The van der Waals surface area contributed by atoms with Gasteiger partial charge < -0.3 is 15.4 Å². The van der Waals surface area contributed by atoms with Gasteiger partial charge in [-0.1, -0.05) is 6.07 Å². The van der Waals surface area contributed by atoms with Crippen molar-refractivity contribution in [2.75, 3.05) is 45.9 Å². The first-order valence-corrected chi connectivity index (χ1v) is 8.60. The number of nitrogens with zero attached hydrogens (tertiary/aromatic N) is 3. The van der Waals surface area contributed by atoms with Crippen LogP contribution in [0.2, 0.25) is 0 Å². The van der Waals surface area contributed by atoms with E-state index in [1.54, 1.807) is 6.20 Å². The van der Waals surface area contributed by atoms with E-state index in [0.29, 0.717) is 6.54 Å². The Hall–Kier alpha value is -0.930. The normalized spacial score (nSPS) is 15.6. The minimum absolute atomic E-state index is 0. The van der Waals surface area contributed by atoms with E-state index < -0.39 is 0 Å². The Morgan fingerprint density at radius 2 is 2.08 bits per heavy atom. The number of halogens is 1. The second-order valence-corrected chi connectivity index (χ2v) is 5.60. The van der Waals surface area contributed by atoms with Crippen molar-refractivity contribution in [2.45, 2.75) is 26.3 Å². The standard InChI is InChI=1S/C17H29N5O.HI/c1-2-18-17(21-15-16-7-3-4-8-19-16)20-9-5-6-10-22-11-13-23-14-12-22;/h3-4,7-8H,2,5-6,9-15H2,1H3,(H2,18,20,21);1H. The van der Waals surface area contributed by atoms with Gasteiger partial charge in [0, 0.05) is 32.4 Å². The number of pyridine rings is 1. The second kappa shape index (κ2) is 13.4. The van der Waals surface area contributed by atoms with E-state index in [4.69, 9.17) is 4.74 Å². The van der Waals surface area contributed by atoms with Crippen molar-refractivity contribution in [2.24, 2.45) is 4.99 Å². The molecular weight excluding hydrogens is 417 g/mol. The van der Waals surface area contributed by atoms with Crippen LogP contribution in [-0.2, 0) is 11.3 Å². The third-order valence-corrected chi connectivity index (χ3v) is 3.77. The number of rotatable bonds is 8. The fraction of sp³-hybridized carbons (Fsp3) is 0.647. The highest BCUT2D eigenvalue weighted by Crippen LogP contribution is 1.99. The lowest BCUT2D eigenvalue weighted by atomic mass is 10.3. The number of hydrogen-bond donors (Lipinski definition) is 2. The summed E-state index contributed by atoms with van der Waals surface area (Å²) in [5.41, 5.74) is 0.983. The van der Waals surface area contributed by atoms with E-state index in [0.717, 1.165) is 64.0 Å². The summed E-state index contributed by atoms with van der Waals surface area (Å²) in [5.74, 6) is 0.865. The van der Waals surface area contributed by atoms with Crippen LogP contribution < -0.4 is 10.6 Å². The Morgan fingerprint density at radius 1 is 1.25 bits per heavy atom. The fourth-order valence-electron chi connectivity index (χ4n) is 2.49. The maximum absolute atomic E-state index is 5.37. The van der Waals surface area contributed by atoms with Gasteiger partial charge >= 0.3 is 0 Å². The summed E-state index contributed by atoms with van der Waals surface area (Å²) < 4.78 is 5.37. The van der Waals surface area contributed by atoms with E-state index in [2.05, 4.69) is 32.4 Å². The average molecular weight is 447 g/mol. The minimum Gasteiger partial charge on any atom is -0.379 e. The molecule has 2 N–H and O–H groups in total. The van der Waals surface area contributed by atoms with Crippen molar-refractivity contribution in [3.8, 4) is 0 Å². The predicted octanol–water partition coefficient (Wildman–Crippen LogP) is 1.87. The first kappa shape index (κ1) is 21.1. The number of aromatic nitrogens is 1. The molecule has 1 saturated heterocycles. The van der Waals surface area contributed by atoms with Crippen LogP contribution in [0.5, 0.6) is 0 Å². The monoisotopic (exact) mass is 447 g/mol. The molecule has 0 aliphatic carbocycles. The van der Waals surface area contributed by atoms with Gasteiger partial charge in [-0.2, -0.15) is 0 Å². The summed E-state index contributed by atoms with van der Waals surface area (Å²) in [6.07, 6.45) is 4.15. The summed E-state index contributed by atoms with van der Waals surface area (Å²) >= 11 is 0. The molecule has 0 amide bonds. The highest BCUT2D eigenvalue weighted by molar-refractivity contribution is 14.0. The molecule has 0 aromatic carbocycles. The number of ether oxygens (including phenoxy) is 1. The van der Waals surface area contributed by atoms with Gasteiger partial charge in [-0.05, 0) is 38.4 Å². The van der Waals surface area contributed by atoms with E-state index in [9.17, 15) is 0 Å². The molecule has 0 saturated carbocycles. The van der Waals surface area contributed by atoms with E-state index in [1.165, 1.54) is 6.42 Å². The quantitative estimate of drug-likeness (QED) is 0.276. The fourth-order valence-corrected chi connectivity index (χ4v) is 2.49. The lowest BCUT2D eigenvalue weighted by Gasteiger charge is -2.26. The van der Waals surface area contributed by atoms with E-state index in [-0.39, 0.29) is 24.0 Å². The highest BCUT2D eigenvalue weighted by atomic mass is 127. The largest absolute Gasteiger partial charge is 0.379 e. The topological polar surface area (TPSA) is 61.8 Å². The summed E-state index contributed by atoms with van der Waals surface area (Å²) in [4.78, 5) is 11.3. The molecule has 24 heavy (non-hydrogen) atoms. The van der Waals surface area contributed by atoms with Crippen LogP contribution in [0.25, 0.3) is 0 Å². The lowest BCUT2D eigenvalue weighted by molar-refractivity contribution is 0.0372. The molecule has 0 bridgehead atoms. The zero-order valence-corrected chi connectivity index (χ0v) is 16.9. The van der Waals surface area contributed by atoms with Gasteiger partial charge in [-0.3, -0.25) is 9.88 Å². The molecule has 0 radical (unpaired) electrons. The van der Waals surface area contributed by atoms with Crippen LogP contribution in [0.1, 0.15) is 25.5 Å². The van der Waals surface area contributed by atoms with E-state index >= 15 is 0 Å². The predicted molar refractivity (Wildman–Crippen MR) is 109 cm³/mol. The molecule has 136 valence electrons. The minimum atomic E-state index is 0. The summed E-state index contributed by atoms with van der Waals surface area (Å²) in [5, 5.41) is 6.67. The van der Waals surface area contributed by atoms with Gasteiger partial charge in [-0.25, -0.2) is 4.99 Å². The van der Waals surface area contributed by atoms with Gasteiger partial charge in [0.1, 0.15) is 0 Å². The van der Waals surface area contributed by atoms with Crippen LogP contribution in [0.15, 0.2) is 29.4 Å². The second-order valence-electron chi connectivity index (χ2n) is 5.60. The van der Waals surface area contributed by atoms with Crippen LogP contribution in [0.4, 0.5) is 0 Å². The number of unbranched alkanes of at least 4 members (excludes halogenated alkanes) is 1. The molecule has 0 spiro atoms. The summed E-state index contributed by atoms with van der Waals surface area (Å²) in [6.45, 7) is 9.54. The Morgan fingerprint density at radius 3 is 2.79 bits per heavy atom. The first-order valence-electron chi connectivity index (χ1n) is 8.60. The molecule has 1 fully saturated rings. The number of hydrogen-bond acceptors (Lipinski definition) is 4. The van der Waals surface area contributed by atoms with Crippen LogP contribution in [-0.4, -0.2) is 61.8 Å². The Balaban J connectivity index is 0.00000288. The van der Waals surface area contributed by atoms with Gasteiger partial charge in [0.25, 0.3) is 0 Å². The van der Waals surface area contributed by atoms with Crippen molar-refractivity contribution in [1.82, 2.24) is 20.5 Å². The lowest BCUT2D eigenvalue weighted by Crippen LogP contribution is -2.39. The molecule has 1 aromatic rings. The summed E-state index contributed by atoms with van der Waals surface area (Å²) in [6, 6.07) is 5.91. The van der Waals surface area contributed by atoms with E-state index in [1.807, 2.05) is 18.2 Å². The average Bonchev–Trinajstić information content (AvgIpc) is 2.61. The highest BCUT2D eigenvalue weighted by Gasteiger charge is 2.09. The van der Waals surface area contributed by atoms with Crippen molar-refractivity contribution < 1.29 is 4.74 Å². The molecule has 6 nitrogen and oxygen atoms in total. The van der Waals surface area contributed by atoms with Crippen LogP contribution in [0, 0.1) is 0 Å². The maximum Gasteiger partial charge on any atom is 0.191 e. The third-order valence-electron chi connectivity index (χ3n) is 3.77. The van der Waals surface area contributed by atoms with Gasteiger partial charge in [-0.15, -0.1) is 24.0 Å². The van der Waals surface area contributed by atoms with Crippen molar-refractivity contribution >= 4 is 29.9 Å². The third kappa shape index (κ3) is 8.79. The van der Waals surface area contributed by atoms with Crippen LogP contribution in [0.3, 0.4) is 0 Å². The molecular formula is C17H30IN5O. The van der Waals surface area contributed by atoms with Gasteiger partial charge in [0.15, 0.2) is 5.96 Å². The Labute approximate surface area is 162 Å². The van der Waals surface area contributed by atoms with Crippen LogP contribution >= 0.6 is 24.0 Å². The van der Waals surface area contributed by atoms with Gasteiger partial charge in [0.2, 0.25) is 0 Å². The molecule has 2 rings (SSSR count). The zero-order valence-electron chi connectivity index (χ0n) is 14.5. The molecule has 1 aliphatic heterocycles.